The number of hydrogen-bond donors (Lipinski definition) is 1. The monoisotopic (exact) mass is 195 g/mol. The zero-order valence-corrected chi connectivity index (χ0v) is 8.43. The Morgan fingerprint density at radius 2 is 2.08 bits per heavy atom. The molecule has 2 N–H and O–H groups in total. The van der Waals surface area contributed by atoms with E-state index in [4.69, 9.17) is 10.5 Å². The van der Waals surface area contributed by atoms with E-state index in [9.17, 15) is 8.42 Å². The molecule has 0 bridgehead atoms. The van der Waals surface area contributed by atoms with Crippen molar-refractivity contribution in [2.75, 3.05) is 26.0 Å². The molecule has 1 atom stereocenters. The van der Waals surface area contributed by atoms with Gasteiger partial charge in [0.25, 0.3) is 0 Å². The van der Waals surface area contributed by atoms with Crippen LogP contribution in [0.3, 0.4) is 0 Å². The molecule has 0 amide bonds. The van der Waals surface area contributed by atoms with Crippen molar-refractivity contribution in [3.8, 4) is 0 Å². The minimum absolute atomic E-state index is 0.0673. The maximum absolute atomic E-state index is 11.3. The van der Waals surface area contributed by atoms with Crippen molar-refractivity contribution in [2.24, 2.45) is 5.73 Å². The molecule has 74 valence electrons. The second kappa shape index (κ2) is 5.50. The molecule has 0 aliphatic rings. The predicted molar refractivity (Wildman–Crippen MR) is 48.8 cm³/mol. The molecule has 0 saturated carbocycles. The Hall–Kier alpha value is -0.130. The Bertz CT molecular complexity index is 201. The first kappa shape index (κ1) is 11.9. The van der Waals surface area contributed by atoms with Crippen LogP contribution in [0.2, 0.25) is 0 Å². The Labute approximate surface area is 74.0 Å². The summed E-state index contributed by atoms with van der Waals surface area (Å²) in [7, 11) is -1.43. The van der Waals surface area contributed by atoms with Crippen molar-refractivity contribution in [1.82, 2.24) is 0 Å². The van der Waals surface area contributed by atoms with Crippen LogP contribution < -0.4 is 5.73 Å². The normalized spacial score (nSPS) is 14.6. The van der Waals surface area contributed by atoms with Gasteiger partial charge in [-0.2, -0.15) is 0 Å². The van der Waals surface area contributed by atoms with Crippen LogP contribution in [0.15, 0.2) is 0 Å². The molecule has 0 rings (SSSR count). The summed E-state index contributed by atoms with van der Waals surface area (Å²) < 4.78 is 27.4. The van der Waals surface area contributed by atoms with Crippen molar-refractivity contribution >= 4 is 9.84 Å². The molecule has 0 aromatic rings. The summed E-state index contributed by atoms with van der Waals surface area (Å²) in [4.78, 5) is 0. The zero-order chi connectivity index (χ0) is 9.61. The van der Waals surface area contributed by atoms with Gasteiger partial charge in [-0.25, -0.2) is 8.42 Å². The lowest BCUT2D eigenvalue weighted by molar-refractivity contribution is 0.194. The molecule has 0 aromatic heterocycles. The molecule has 0 radical (unpaired) electrons. The van der Waals surface area contributed by atoms with E-state index in [1.54, 1.807) is 14.0 Å². The molecule has 0 aliphatic heterocycles. The molecule has 0 fully saturated rings. The van der Waals surface area contributed by atoms with Gasteiger partial charge in [-0.1, -0.05) is 0 Å². The summed E-state index contributed by atoms with van der Waals surface area (Å²) >= 11 is 0. The summed E-state index contributed by atoms with van der Waals surface area (Å²) in [5.41, 5.74) is 5.17. The number of nitrogens with two attached hydrogens (primary N) is 1. The summed E-state index contributed by atoms with van der Waals surface area (Å²) in [5.74, 6) is 0.0673. The molecule has 5 heteroatoms. The number of hydrogen-bond acceptors (Lipinski definition) is 4. The number of methoxy groups -OCH3 is 1. The van der Waals surface area contributed by atoms with Gasteiger partial charge in [0.15, 0.2) is 9.84 Å². The first-order valence-electron chi connectivity index (χ1n) is 3.95. The molecule has 12 heavy (non-hydrogen) atoms. The third-order valence-electron chi connectivity index (χ3n) is 1.74. The second-order valence-electron chi connectivity index (χ2n) is 2.75. The van der Waals surface area contributed by atoms with Crippen molar-refractivity contribution < 1.29 is 13.2 Å². The Balaban J connectivity index is 3.98. The highest BCUT2D eigenvalue weighted by Gasteiger charge is 2.18. The molecule has 0 aromatic carbocycles. The smallest absolute Gasteiger partial charge is 0.154 e. The molecular weight excluding hydrogens is 178 g/mol. The summed E-state index contributed by atoms with van der Waals surface area (Å²) in [5, 5.41) is -0.346. The summed E-state index contributed by atoms with van der Waals surface area (Å²) in [6, 6.07) is 0. The Morgan fingerprint density at radius 1 is 1.50 bits per heavy atom. The number of rotatable bonds is 6. The molecule has 0 aliphatic carbocycles. The van der Waals surface area contributed by atoms with Gasteiger partial charge in [-0.3, -0.25) is 0 Å². The van der Waals surface area contributed by atoms with E-state index in [1.165, 1.54) is 0 Å². The standard InChI is InChI=1S/C7H17NO3S/c1-7(3-5-11-2)12(9,10)6-4-8/h7H,3-6,8H2,1-2H3. The van der Waals surface area contributed by atoms with Crippen LogP contribution >= 0.6 is 0 Å². The predicted octanol–water partition coefficient (Wildman–Crippen LogP) is -0.215. The van der Waals surface area contributed by atoms with E-state index in [2.05, 4.69) is 0 Å². The fourth-order valence-corrected chi connectivity index (χ4v) is 2.02. The van der Waals surface area contributed by atoms with Crippen molar-refractivity contribution in [3.05, 3.63) is 0 Å². The maximum atomic E-state index is 11.3. The Morgan fingerprint density at radius 3 is 2.50 bits per heavy atom. The van der Waals surface area contributed by atoms with Gasteiger partial charge in [-0.05, 0) is 13.3 Å². The van der Waals surface area contributed by atoms with E-state index in [1.807, 2.05) is 0 Å². The average molecular weight is 195 g/mol. The highest BCUT2D eigenvalue weighted by molar-refractivity contribution is 7.92. The van der Waals surface area contributed by atoms with Crippen LogP contribution in [0, 0.1) is 0 Å². The average Bonchev–Trinajstić information content (AvgIpc) is 2.00. The quantitative estimate of drug-likeness (QED) is 0.636. The molecular formula is C7H17NO3S. The van der Waals surface area contributed by atoms with Gasteiger partial charge in [-0.15, -0.1) is 0 Å². The van der Waals surface area contributed by atoms with Crippen LogP contribution in [0.4, 0.5) is 0 Å². The van der Waals surface area contributed by atoms with Crippen LogP contribution in [0.25, 0.3) is 0 Å². The van der Waals surface area contributed by atoms with Crippen molar-refractivity contribution in [2.45, 2.75) is 18.6 Å². The lowest BCUT2D eigenvalue weighted by atomic mass is 10.3. The molecule has 1 unspecified atom stereocenters. The first-order chi connectivity index (χ1) is 5.54. The fourth-order valence-electron chi connectivity index (χ4n) is 0.829. The summed E-state index contributed by atoms with van der Waals surface area (Å²) in [6.07, 6.45) is 0.541. The van der Waals surface area contributed by atoms with Gasteiger partial charge in [0.1, 0.15) is 0 Å². The number of sulfone groups is 1. The molecule has 0 saturated heterocycles. The van der Waals surface area contributed by atoms with Gasteiger partial charge in [0.05, 0.1) is 11.0 Å². The van der Waals surface area contributed by atoms with Crippen LogP contribution in [0.5, 0.6) is 0 Å². The van der Waals surface area contributed by atoms with Gasteiger partial charge in [0, 0.05) is 20.3 Å². The Kier molecular flexibility index (Phi) is 5.44. The first-order valence-corrected chi connectivity index (χ1v) is 5.66. The van der Waals surface area contributed by atoms with Crippen molar-refractivity contribution in [3.63, 3.8) is 0 Å². The fraction of sp³-hybridized carbons (Fsp3) is 1.00. The minimum atomic E-state index is -2.99. The highest BCUT2D eigenvalue weighted by Crippen LogP contribution is 2.05. The van der Waals surface area contributed by atoms with E-state index in [0.29, 0.717) is 13.0 Å². The van der Waals surface area contributed by atoms with Gasteiger partial charge in [0.2, 0.25) is 0 Å². The third-order valence-corrected chi connectivity index (χ3v) is 4.01. The molecule has 0 heterocycles. The SMILES string of the molecule is COCCC(C)S(=O)(=O)CCN. The van der Waals surface area contributed by atoms with E-state index < -0.39 is 9.84 Å². The van der Waals surface area contributed by atoms with Gasteiger partial charge < -0.3 is 10.5 Å². The van der Waals surface area contributed by atoms with Gasteiger partial charge >= 0.3 is 0 Å². The topological polar surface area (TPSA) is 69.4 Å². The largest absolute Gasteiger partial charge is 0.385 e. The lowest BCUT2D eigenvalue weighted by Gasteiger charge is -2.10. The van der Waals surface area contributed by atoms with E-state index >= 15 is 0 Å². The van der Waals surface area contributed by atoms with E-state index in [-0.39, 0.29) is 17.5 Å². The van der Waals surface area contributed by atoms with E-state index in [0.717, 1.165) is 0 Å². The van der Waals surface area contributed by atoms with Crippen LogP contribution in [-0.2, 0) is 14.6 Å². The third kappa shape index (κ3) is 4.04. The van der Waals surface area contributed by atoms with Crippen LogP contribution in [-0.4, -0.2) is 39.7 Å². The summed E-state index contributed by atoms with van der Waals surface area (Å²) in [6.45, 7) is 2.36. The maximum Gasteiger partial charge on any atom is 0.154 e. The molecule has 4 nitrogen and oxygen atoms in total. The van der Waals surface area contributed by atoms with Crippen LogP contribution in [0.1, 0.15) is 13.3 Å². The lowest BCUT2D eigenvalue weighted by Crippen LogP contribution is -2.26. The molecule has 0 spiro atoms. The minimum Gasteiger partial charge on any atom is -0.385 e. The highest BCUT2D eigenvalue weighted by atomic mass is 32.2. The zero-order valence-electron chi connectivity index (χ0n) is 7.62. The second-order valence-corrected chi connectivity index (χ2v) is 5.29. The number of ether oxygens (including phenoxy) is 1. The van der Waals surface area contributed by atoms with Crippen molar-refractivity contribution in [1.29, 1.82) is 0 Å².